The van der Waals surface area contributed by atoms with Gasteiger partial charge < -0.3 is 0 Å². The van der Waals surface area contributed by atoms with Gasteiger partial charge in [-0.25, -0.2) is 0 Å². The molecule has 2 aliphatic heterocycles. The first-order chi connectivity index (χ1) is 9.28. The van der Waals surface area contributed by atoms with Gasteiger partial charge in [-0.05, 0) is 49.7 Å². The van der Waals surface area contributed by atoms with Gasteiger partial charge in [0.05, 0.1) is 0 Å². The molecular formula is C16H26N2S. The second kappa shape index (κ2) is 5.94. The largest absolute Gasteiger partial charge is 0.298 e. The van der Waals surface area contributed by atoms with Crippen molar-refractivity contribution in [2.75, 3.05) is 19.6 Å². The SMILES string of the molecule is CCc1ccsc1CN1CC2CCCCN2CC1C. The van der Waals surface area contributed by atoms with E-state index in [0.717, 1.165) is 6.04 Å². The molecule has 0 radical (unpaired) electrons. The fourth-order valence-corrected chi connectivity index (χ4v) is 4.64. The number of thiophene rings is 1. The van der Waals surface area contributed by atoms with Crippen molar-refractivity contribution in [1.82, 2.24) is 9.80 Å². The van der Waals surface area contributed by atoms with E-state index in [1.165, 1.54) is 51.9 Å². The van der Waals surface area contributed by atoms with Crippen LogP contribution in [-0.2, 0) is 13.0 Å². The Hall–Kier alpha value is -0.380. The third kappa shape index (κ3) is 2.88. The van der Waals surface area contributed by atoms with Gasteiger partial charge in [0.2, 0.25) is 0 Å². The normalized spacial score (nSPS) is 29.4. The second-order valence-electron chi connectivity index (χ2n) is 6.15. The molecule has 2 nitrogen and oxygen atoms in total. The predicted molar refractivity (Wildman–Crippen MR) is 82.8 cm³/mol. The molecule has 3 heteroatoms. The Kier molecular flexibility index (Phi) is 4.25. The van der Waals surface area contributed by atoms with Crippen LogP contribution in [0, 0.1) is 0 Å². The van der Waals surface area contributed by atoms with E-state index >= 15 is 0 Å². The van der Waals surface area contributed by atoms with Crippen molar-refractivity contribution >= 4 is 11.3 Å². The molecule has 0 bridgehead atoms. The molecule has 1 aromatic rings. The number of rotatable bonds is 3. The zero-order valence-corrected chi connectivity index (χ0v) is 13.1. The van der Waals surface area contributed by atoms with Gasteiger partial charge in [0.1, 0.15) is 0 Å². The Bertz CT molecular complexity index is 415. The molecule has 0 aromatic carbocycles. The summed E-state index contributed by atoms with van der Waals surface area (Å²) in [4.78, 5) is 7.05. The van der Waals surface area contributed by atoms with E-state index in [1.807, 2.05) is 11.3 Å². The molecule has 0 amide bonds. The molecule has 0 spiro atoms. The molecule has 106 valence electrons. The van der Waals surface area contributed by atoms with E-state index in [0.29, 0.717) is 6.04 Å². The minimum Gasteiger partial charge on any atom is -0.298 e. The maximum absolute atomic E-state index is 2.74. The first-order valence-corrected chi connectivity index (χ1v) is 8.69. The lowest BCUT2D eigenvalue weighted by molar-refractivity contribution is 0.0115. The van der Waals surface area contributed by atoms with Crippen molar-refractivity contribution < 1.29 is 0 Å². The van der Waals surface area contributed by atoms with Crippen molar-refractivity contribution in [2.45, 2.75) is 58.2 Å². The van der Waals surface area contributed by atoms with Gasteiger partial charge in [0, 0.05) is 36.6 Å². The highest BCUT2D eigenvalue weighted by Crippen LogP contribution is 2.27. The molecule has 0 saturated carbocycles. The number of hydrogen-bond acceptors (Lipinski definition) is 3. The lowest BCUT2D eigenvalue weighted by Crippen LogP contribution is -2.58. The number of fused-ring (bicyclic) bond motifs is 1. The number of piperidine rings is 1. The standard InChI is InChI=1S/C16H26N2S/c1-3-14-7-9-19-16(14)12-18-11-15-6-4-5-8-17(15)10-13(18)2/h7,9,13,15H,3-6,8,10-12H2,1-2H3. The van der Waals surface area contributed by atoms with E-state index in [9.17, 15) is 0 Å². The summed E-state index contributed by atoms with van der Waals surface area (Å²) in [5, 5.41) is 2.26. The average Bonchev–Trinajstić information content (AvgIpc) is 2.87. The van der Waals surface area contributed by atoms with Crippen LogP contribution in [0.2, 0.25) is 0 Å². The van der Waals surface area contributed by atoms with E-state index in [2.05, 4.69) is 35.1 Å². The monoisotopic (exact) mass is 278 g/mol. The first-order valence-electron chi connectivity index (χ1n) is 7.81. The highest BCUT2D eigenvalue weighted by atomic mass is 32.1. The maximum Gasteiger partial charge on any atom is 0.0334 e. The van der Waals surface area contributed by atoms with E-state index < -0.39 is 0 Å². The molecule has 3 heterocycles. The van der Waals surface area contributed by atoms with Crippen LogP contribution in [0.25, 0.3) is 0 Å². The number of hydrogen-bond donors (Lipinski definition) is 0. The topological polar surface area (TPSA) is 6.48 Å². The molecule has 0 N–H and O–H groups in total. The fourth-order valence-electron chi connectivity index (χ4n) is 3.64. The van der Waals surface area contributed by atoms with Gasteiger partial charge in [0.25, 0.3) is 0 Å². The summed E-state index contributed by atoms with van der Waals surface area (Å²) < 4.78 is 0. The minimum atomic E-state index is 0.709. The molecule has 2 saturated heterocycles. The number of nitrogens with zero attached hydrogens (tertiary/aromatic N) is 2. The molecule has 2 atom stereocenters. The van der Waals surface area contributed by atoms with Crippen LogP contribution in [0.4, 0.5) is 0 Å². The van der Waals surface area contributed by atoms with Gasteiger partial charge in [0.15, 0.2) is 0 Å². The summed E-state index contributed by atoms with van der Waals surface area (Å²) >= 11 is 1.94. The van der Waals surface area contributed by atoms with Crippen LogP contribution in [0.3, 0.4) is 0 Å². The molecule has 3 rings (SSSR count). The molecule has 19 heavy (non-hydrogen) atoms. The molecule has 2 unspecified atom stereocenters. The van der Waals surface area contributed by atoms with Crippen LogP contribution in [0.15, 0.2) is 11.4 Å². The smallest absolute Gasteiger partial charge is 0.0334 e. The Morgan fingerprint density at radius 3 is 3.05 bits per heavy atom. The third-order valence-electron chi connectivity index (χ3n) is 4.88. The maximum atomic E-state index is 2.74. The van der Waals surface area contributed by atoms with Crippen molar-refractivity contribution in [3.05, 3.63) is 21.9 Å². The van der Waals surface area contributed by atoms with Crippen LogP contribution in [0.1, 0.15) is 43.6 Å². The van der Waals surface area contributed by atoms with Crippen molar-refractivity contribution in [2.24, 2.45) is 0 Å². The highest BCUT2D eigenvalue weighted by molar-refractivity contribution is 7.10. The zero-order chi connectivity index (χ0) is 13.2. The lowest BCUT2D eigenvalue weighted by Gasteiger charge is -2.47. The van der Waals surface area contributed by atoms with Crippen molar-refractivity contribution in [3.8, 4) is 0 Å². The molecule has 2 aliphatic rings. The lowest BCUT2D eigenvalue weighted by atomic mass is 9.97. The zero-order valence-electron chi connectivity index (χ0n) is 12.3. The Balaban J connectivity index is 1.67. The summed E-state index contributed by atoms with van der Waals surface area (Å²) in [7, 11) is 0. The van der Waals surface area contributed by atoms with E-state index in [4.69, 9.17) is 0 Å². The van der Waals surface area contributed by atoms with Crippen molar-refractivity contribution in [3.63, 3.8) is 0 Å². The van der Waals surface area contributed by atoms with Crippen LogP contribution >= 0.6 is 11.3 Å². The third-order valence-corrected chi connectivity index (χ3v) is 5.83. The molecule has 0 aliphatic carbocycles. The Morgan fingerprint density at radius 1 is 1.32 bits per heavy atom. The predicted octanol–water partition coefficient (Wildman–Crippen LogP) is 3.37. The van der Waals surface area contributed by atoms with Gasteiger partial charge in [-0.15, -0.1) is 11.3 Å². The summed E-state index contributed by atoms with van der Waals surface area (Å²) in [6.45, 7) is 9.74. The number of piperazine rings is 1. The summed E-state index contributed by atoms with van der Waals surface area (Å²) in [5.41, 5.74) is 1.56. The van der Waals surface area contributed by atoms with E-state index in [-0.39, 0.29) is 0 Å². The van der Waals surface area contributed by atoms with Gasteiger partial charge in [-0.1, -0.05) is 13.3 Å². The molecular weight excluding hydrogens is 252 g/mol. The van der Waals surface area contributed by atoms with Crippen LogP contribution in [-0.4, -0.2) is 41.5 Å². The fraction of sp³-hybridized carbons (Fsp3) is 0.750. The van der Waals surface area contributed by atoms with Crippen molar-refractivity contribution in [1.29, 1.82) is 0 Å². The van der Waals surface area contributed by atoms with Gasteiger partial charge >= 0.3 is 0 Å². The quantitative estimate of drug-likeness (QED) is 0.836. The van der Waals surface area contributed by atoms with E-state index in [1.54, 1.807) is 10.4 Å². The molecule has 1 aromatic heterocycles. The number of aryl methyl sites for hydroxylation is 1. The average molecular weight is 278 g/mol. The highest BCUT2D eigenvalue weighted by Gasteiger charge is 2.32. The van der Waals surface area contributed by atoms with Crippen LogP contribution in [0.5, 0.6) is 0 Å². The Morgan fingerprint density at radius 2 is 2.21 bits per heavy atom. The summed E-state index contributed by atoms with van der Waals surface area (Å²) in [6.07, 6.45) is 5.43. The summed E-state index contributed by atoms with van der Waals surface area (Å²) in [5.74, 6) is 0. The Labute approximate surface area is 121 Å². The van der Waals surface area contributed by atoms with Gasteiger partial charge in [-0.2, -0.15) is 0 Å². The minimum absolute atomic E-state index is 0.709. The second-order valence-corrected chi connectivity index (χ2v) is 7.15. The summed E-state index contributed by atoms with van der Waals surface area (Å²) in [6, 6.07) is 3.85. The van der Waals surface area contributed by atoms with Gasteiger partial charge in [-0.3, -0.25) is 9.80 Å². The molecule has 2 fully saturated rings. The van der Waals surface area contributed by atoms with Crippen LogP contribution < -0.4 is 0 Å². The first kappa shape index (κ1) is 13.6.